The van der Waals surface area contributed by atoms with Crippen molar-refractivity contribution in [3.05, 3.63) is 69.8 Å². The number of nitrogens with zero attached hydrogens (tertiary/aromatic N) is 7. The fourth-order valence-corrected chi connectivity index (χ4v) is 5.48. The van der Waals surface area contributed by atoms with Crippen LogP contribution in [-0.4, -0.2) is 49.3 Å². The summed E-state index contributed by atoms with van der Waals surface area (Å²) in [5.74, 6) is -1.49. The second-order valence-corrected chi connectivity index (χ2v) is 11.0. The summed E-state index contributed by atoms with van der Waals surface area (Å²) in [6.45, 7) is 0.373. The van der Waals surface area contributed by atoms with Crippen LogP contribution < -0.4 is 4.90 Å². The van der Waals surface area contributed by atoms with Crippen molar-refractivity contribution in [2.24, 2.45) is 12.5 Å². The van der Waals surface area contributed by atoms with Crippen molar-refractivity contribution in [2.75, 3.05) is 18.0 Å². The Labute approximate surface area is 255 Å². The molecule has 1 unspecified atom stereocenters. The molecule has 46 heavy (non-hydrogen) atoms. The lowest BCUT2D eigenvalue weighted by atomic mass is 9.75. The third kappa shape index (κ3) is 7.35. The number of aromatic nitrogens is 4. The largest absolute Gasteiger partial charge is 0.481 e. The maximum Gasteiger partial charge on any atom is 0.416 e. The van der Waals surface area contributed by atoms with Gasteiger partial charge in [0.05, 0.1) is 36.2 Å². The van der Waals surface area contributed by atoms with E-state index in [2.05, 4.69) is 15.4 Å². The first-order valence-corrected chi connectivity index (χ1v) is 13.6. The first kappa shape index (κ1) is 34.5. The van der Waals surface area contributed by atoms with Crippen LogP contribution in [-0.2, 0) is 43.5 Å². The summed E-state index contributed by atoms with van der Waals surface area (Å²) in [4.78, 5) is 15.6. The van der Waals surface area contributed by atoms with Gasteiger partial charge in [-0.1, -0.05) is 18.1 Å². The quantitative estimate of drug-likeness (QED) is 0.255. The molecular formula is C28H26F9N7O2. The Bertz CT molecular complexity index is 1590. The van der Waals surface area contributed by atoms with Crippen LogP contribution in [0.15, 0.2) is 36.4 Å². The molecule has 2 heterocycles. The minimum atomic E-state index is -5.14. The number of carboxylic acids is 1. The van der Waals surface area contributed by atoms with Crippen LogP contribution in [0.5, 0.6) is 0 Å². The number of anilines is 1. The molecule has 18 heteroatoms. The van der Waals surface area contributed by atoms with Crippen LogP contribution in [0.2, 0.25) is 0 Å². The molecule has 2 aromatic carbocycles. The first-order valence-electron chi connectivity index (χ1n) is 13.6. The van der Waals surface area contributed by atoms with Crippen molar-refractivity contribution in [2.45, 2.75) is 57.4 Å². The van der Waals surface area contributed by atoms with Gasteiger partial charge in [0.1, 0.15) is 5.41 Å². The number of hydrogen-bond acceptors (Lipinski definition) is 7. The summed E-state index contributed by atoms with van der Waals surface area (Å²) < 4.78 is 123. The molecule has 1 saturated heterocycles. The highest BCUT2D eigenvalue weighted by atomic mass is 19.4. The van der Waals surface area contributed by atoms with Gasteiger partial charge in [0.15, 0.2) is 0 Å². The molecule has 0 bridgehead atoms. The molecule has 0 spiro atoms. The Hall–Kier alpha value is -4.40. The Morgan fingerprint density at radius 2 is 1.57 bits per heavy atom. The molecule has 4 rings (SSSR count). The maximum absolute atomic E-state index is 13.8. The molecule has 1 atom stereocenters. The van der Waals surface area contributed by atoms with Crippen LogP contribution in [0.25, 0.3) is 0 Å². The third-order valence-electron chi connectivity index (χ3n) is 7.70. The van der Waals surface area contributed by atoms with Gasteiger partial charge in [-0.25, -0.2) is 0 Å². The van der Waals surface area contributed by atoms with Gasteiger partial charge in [-0.2, -0.15) is 49.6 Å². The van der Waals surface area contributed by atoms with Crippen LogP contribution >= 0.6 is 0 Å². The zero-order valence-electron chi connectivity index (χ0n) is 24.2. The molecular weight excluding hydrogens is 637 g/mol. The smallest absolute Gasteiger partial charge is 0.416 e. The number of aliphatic carboxylic acids is 1. The van der Waals surface area contributed by atoms with Gasteiger partial charge in [-0.3, -0.25) is 9.69 Å². The normalized spacial score (nSPS) is 16.0. The van der Waals surface area contributed by atoms with Gasteiger partial charge >= 0.3 is 24.5 Å². The summed E-state index contributed by atoms with van der Waals surface area (Å²) in [7, 11) is 1.34. The van der Waals surface area contributed by atoms with E-state index >= 15 is 0 Å². The minimum absolute atomic E-state index is 0.00902. The molecule has 1 aromatic heterocycles. The summed E-state index contributed by atoms with van der Waals surface area (Å²) in [5.41, 5.74) is -5.77. The number of tetrazole rings is 1. The fraction of sp³-hybridized carbons (Fsp3) is 0.464. The van der Waals surface area contributed by atoms with E-state index in [4.69, 9.17) is 5.26 Å². The Morgan fingerprint density at radius 3 is 2.02 bits per heavy atom. The first-order chi connectivity index (χ1) is 21.3. The molecule has 9 nitrogen and oxygen atoms in total. The predicted molar refractivity (Wildman–Crippen MR) is 141 cm³/mol. The topological polar surface area (TPSA) is 111 Å². The average Bonchev–Trinajstić information content (AvgIpc) is 3.36. The van der Waals surface area contributed by atoms with Crippen LogP contribution in [0, 0.1) is 16.7 Å². The lowest BCUT2D eigenvalue weighted by Gasteiger charge is -2.50. The lowest BCUT2D eigenvalue weighted by Crippen LogP contribution is -2.61. The fourth-order valence-electron chi connectivity index (χ4n) is 5.48. The van der Waals surface area contributed by atoms with Gasteiger partial charge in [0.25, 0.3) is 5.95 Å². The molecule has 1 fully saturated rings. The number of carboxylic acid groups (broad SMARTS) is 1. The van der Waals surface area contributed by atoms with Crippen molar-refractivity contribution in [3.8, 4) is 6.07 Å². The van der Waals surface area contributed by atoms with Crippen molar-refractivity contribution < 1.29 is 49.4 Å². The number of nitriles is 1. The van der Waals surface area contributed by atoms with Gasteiger partial charge in [-0.05, 0) is 58.7 Å². The highest BCUT2D eigenvalue weighted by Crippen LogP contribution is 2.43. The van der Waals surface area contributed by atoms with E-state index in [1.54, 1.807) is 11.8 Å². The van der Waals surface area contributed by atoms with Crippen LogP contribution in [0.4, 0.5) is 45.5 Å². The van der Waals surface area contributed by atoms with Gasteiger partial charge in [0.2, 0.25) is 0 Å². The predicted octanol–water partition coefficient (Wildman–Crippen LogP) is 6.22. The molecule has 0 radical (unpaired) electrons. The number of alkyl halides is 9. The van der Waals surface area contributed by atoms with E-state index in [1.165, 1.54) is 13.1 Å². The number of halogens is 9. The lowest BCUT2D eigenvalue weighted by molar-refractivity contribution is -0.162. The number of benzene rings is 2. The van der Waals surface area contributed by atoms with Crippen molar-refractivity contribution in [1.29, 1.82) is 5.26 Å². The van der Waals surface area contributed by atoms with E-state index in [9.17, 15) is 49.4 Å². The van der Waals surface area contributed by atoms with Crippen LogP contribution in [0.3, 0.4) is 0 Å². The molecule has 248 valence electrons. The van der Waals surface area contributed by atoms with E-state index in [1.807, 2.05) is 6.07 Å². The van der Waals surface area contributed by atoms with Crippen LogP contribution in [0.1, 0.15) is 59.2 Å². The second kappa shape index (κ2) is 12.4. The summed E-state index contributed by atoms with van der Waals surface area (Å²) in [5, 5.41) is 30.2. The Kier molecular flexibility index (Phi) is 9.31. The molecule has 1 N–H and O–H groups in total. The minimum Gasteiger partial charge on any atom is -0.481 e. The zero-order chi connectivity index (χ0) is 34.2. The van der Waals surface area contributed by atoms with Gasteiger partial charge < -0.3 is 10.0 Å². The summed E-state index contributed by atoms with van der Waals surface area (Å²) >= 11 is 0. The van der Waals surface area contributed by atoms with Gasteiger partial charge in [-0.15, -0.1) is 5.10 Å². The van der Waals surface area contributed by atoms with Crippen molar-refractivity contribution >= 4 is 11.9 Å². The highest BCUT2D eigenvalue weighted by molar-refractivity contribution is 5.77. The number of likely N-dealkylation sites (tertiary alicyclic amines) is 1. The summed E-state index contributed by atoms with van der Waals surface area (Å²) in [6, 6.07) is 4.99. The molecule has 3 aromatic rings. The Morgan fingerprint density at radius 1 is 0.978 bits per heavy atom. The standard InChI is InChI=1S/C28H26F9N7O2/c1-3-22(44-14-25(15-44,6-7-38)23(45)46)21-5-4-18(26(29,30)31)10-17(21)13-43(24-39-41-42(2)40-24)12-16-8-19(27(32,33)34)11-20(9-16)28(35,36)37/h4-5,8-11,22H,3,6,12-15H2,1-2H3,(H,45,46). The number of aryl methyl sites for hydroxylation is 1. The maximum atomic E-state index is 13.8. The molecule has 1 aliphatic heterocycles. The van der Waals surface area contributed by atoms with Crippen molar-refractivity contribution in [3.63, 3.8) is 0 Å². The van der Waals surface area contributed by atoms with E-state index in [0.717, 1.165) is 21.8 Å². The highest BCUT2D eigenvalue weighted by Gasteiger charge is 2.51. The molecule has 1 aliphatic rings. The molecule has 0 aliphatic carbocycles. The monoisotopic (exact) mass is 663 g/mol. The third-order valence-corrected chi connectivity index (χ3v) is 7.70. The number of hydrogen-bond donors (Lipinski definition) is 1. The van der Waals surface area contributed by atoms with Crippen molar-refractivity contribution in [1.82, 2.24) is 25.1 Å². The Balaban J connectivity index is 1.80. The van der Waals surface area contributed by atoms with E-state index < -0.39 is 71.3 Å². The SMILES string of the molecule is CCC(c1ccc(C(F)(F)F)cc1CN(Cc1cc(C(F)(F)F)cc(C(F)(F)F)c1)c1nnn(C)n1)N1CC(CC#N)(C(=O)O)C1. The number of rotatable bonds is 10. The van der Waals surface area contributed by atoms with Gasteiger partial charge in [0, 0.05) is 32.2 Å². The molecule has 0 saturated carbocycles. The second-order valence-electron chi connectivity index (χ2n) is 11.0. The number of carbonyl (C=O) groups is 1. The summed E-state index contributed by atoms with van der Waals surface area (Å²) in [6.07, 6.45) is -15.1. The average molecular weight is 664 g/mol. The van der Waals surface area contributed by atoms with E-state index in [-0.39, 0.29) is 43.5 Å². The van der Waals surface area contributed by atoms with E-state index in [0.29, 0.717) is 17.7 Å². The molecule has 0 amide bonds. The zero-order valence-corrected chi connectivity index (χ0v) is 24.2.